The molecule has 1 aromatic rings. The highest BCUT2D eigenvalue weighted by Gasteiger charge is 2.21. The number of ether oxygens (including phenoxy) is 2. The Morgan fingerprint density at radius 3 is 2.71 bits per heavy atom. The Morgan fingerprint density at radius 1 is 1.19 bits per heavy atom. The number of ketones is 1. The van der Waals surface area contributed by atoms with Crippen LogP contribution in [0.3, 0.4) is 0 Å². The molecule has 0 bridgehead atoms. The van der Waals surface area contributed by atoms with Gasteiger partial charge in [0.1, 0.15) is 0 Å². The number of hydrogen-bond donors (Lipinski definition) is 0. The van der Waals surface area contributed by atoms with Gasteiger partial charge in [0.25, 0.3) is 0 Å². The van der Waals surface area contributed by atoms with Crippen LogP contribution in [0, 0.1) is 0 Å². The molecule has 112 valence electrons. The van der Waals surface area contributed by atoms with Crippen LogP contribution in [0.2, 0.25) is 0 Å². The van der Waals surface area contributed by atoms with Crippen molar-refractivity contribution in [2.45, 2.75) is 38.2 Å². The molecule has 1 heterocycles. The van der Waals surface area contributed by atoms with Crippen LogP contribution < -0.4 is 9.47 Å². The molecule has 3 rings (SSSR count). The molecule has 4 heteroatoms. The van der Waals surface area contributed by atoms with Crippen molar-refractivity contribution >= 4 is 23.1 Å². The molecule has 1 fully saturated rings. The van der Waals surface area contributed by atoms with E-state index in [2.05, 4.69) is 0 Å². The summed E-state index contributed by atoms with van der Waals surface area (Å²) in [6.45, 7) is 0. The summed E-state index contributed by atoms with van der Waals surface area (Å²) in [5, 5.41) is 1.97. The van der Waals surface area contributed by atoms with E-state index in [0.717, 1.165) is 41.2 Å². The first-order valence-electron chi connectivity index (χ1n) is 7.48. The third kappa shape index (κ3) is 3.26. The predicted octanol–water partition coefficient (Wildman–Crippen LogP) is 4.06. The molecule has 1 aliphatic heterocycles. The first-order valence-corrected chi connectivity index (χ1v) is 8.53. The van der Waals surface area contributed by atoms with Crippen molar-refractivity contribution in [3.63, 3.8) is 0 Å². The molecule has 0 saturated heterocycles. The fraction of sp³-hybridized carbons (Fsp3) is 0.471. The highest BCUT2D eigenvalue weighted by molar-refractivity contribution is 8.02. The molecular formula is C17H20O3S. The zero-order valence-electron chi connectivity index (χ0n) is 12.3. The van der Waals surface area contributed by atoms with Gasteiger partial charge in [0.2, 0.25) is 0 Å². The maximum Gasteiger partial charge on any atom is 0.164 e. The SMILES string of the molecule is COc1ccc(C2=CSCCC2=O)cc1OC1CCCC1. The van der Waals surface area contributed by atoms with Gasteiger partial charge in [-0.1, -0.05) is 6.07 Å². The summed E-state index contributed by atoms with van der Waals surface area (Å²) >= 11 is 1.70. The molecule has 1 aliphatic carbocycles. The summed E-state index contributed by atoms with van der Waals surface area (Å²) in [6, 6.07) is 5.79. The van der Waals surface area contributed by atoms with Crippen LogP contribution in [0.1, 0.15) is 37.7 Å². The Labute approximate surface area is 129 Å². The lowest BCUT2D eigenvalue weighted by Crippen LogP contribution is -2.12. The van der Waals surface area contributed by atoms with Crippen molar-refractivity contribution in [3.05, 3.63) is 29.2 Å². The monoisotopic (exact) mass is 304 g/mol. The summed E-state index contributed by atoms with van der Waals surface area (Å²) in [5.74, 6) is 2.59. The number of Topliss-reactive ketones (excluding diaryl/α,β-unsaturated/α-hetero) is 1. The average Bonchev–Trinajstić information content (AvgIpc) is 3.01. The number of carbonyl (C=O) groups excluding carboxylic acids is 1. The Bertz CT molecular complexity index is 559. The van der Waals surface area contributed by atoms with Gasteiger partial charge >= 0.3 is 0 Å². The summed E-state index contributed by atoms with van der Waals surface area (Å²) in [4.78, 5) is 12.1. The summed E-state index contributed by atoms with van der Waals surface area (Å²) in [5.41, 5.74) is 1.73. The van der Waals surface area contributed by atoms with Crippen molar-refractivity contribution in [1.29, 1.82) is 0 Å². The first-order chi connectivity index (χ1) is 10.3. The lowest BCUT2D eigenvalue weighted by Gasteiger charge is -2.18. The van der Waals surface area contributed by atoms with Crippen LogP contribution >= 0.6 is 11.8 Å². The van der Waals surface area contributed by atoms with Gasteiger partial charge in [0, 0.05) is 17.7 Å². The normalized spacial score (nSPS) is 19.5. The minimum absolute atomic E-state index is 0.214. The number of allylic oxidation sites excluding steroid dienone is 1. The van der Waals surface area contributed by atoms with E-state index in [0.29, 0.717) is 6.42 Å². The van der Waals surface area contributed by atoms with Crippen LogP contribution in [0.5, 0.6) is 11.5 Å². The molecular weight excluding hydrogens is 284 g/mol. The van der Waals surface area contributed by atoms with Crippen LogP contribution in [0.25, 0.3) is 5.57 Å². The maximum atomic E-state index is 12.1. The number of benzene rings is 1. The summed E-state index contributed by atoms with van der Waals surface area (Å²) in [7, 11) is 1.65. The first kappa shape index (κ1) is 14.5. The zero-order chi connectivity index (χ0) is 14.7. The third-order valence-electron chi connectivity index (χ3n) is 4.02. The van der Waals surface area contributed by atoms with E-state index in [1.807, 2.05) is 23.6 Å². The third-order valence-corrected chi connectivity index (χ3v) is 4.86. The summed E-state index contributed by atoms with van der Waals surface area (Å²) in [6.07, 6.45) is 5.55. The van der Waals surface area contributed by atoms with Crippen LogP contribution in [-0.4, -0.2) is 24.7 Å². The van der Waals surface area contributed by atoms with Gasteiger partial charge in [0.15, 0.2) is 17.3 Å². The van der Waals surface area contributed by atoms with Gasteiger partial charge in [0.05, 0.1) is 13.2 Å². The van der Waals surface area contributed by atoms with Crippen molar-refractivity contribution in [3.8, 4) is 11.5 Å². The number of carbonyl (C=O) groups is 1. The fourth-order valence-electron chi connectivity index (χ4n) is 2.85. The average molecular weight is 304 g/mol. The van der Waals surface area contributed by atoms with Crippen molar-refractivity contribution in [2.75, 3.05) is 12.9 Å². The van der Waals surface area contributed by atoms with Gasteiger partial charge in [-0.3, -0.25) is 4.79 Å². The smallest absolute Gasteiger partial charge is 0.164 e. The van der Waals surface area contributed by atoms with E-state index in [-0.39, 0.29) is 11.9 Å². The second-order valence-electron chi connectivity index (χ2n) is 5.47. The molecule has 0 unspecified atom stereocenters. The topological polar surface area (TPSA) is 35.5 Å². The molecule has 0 N–H and O–H groups in total. The zero-order valence-corrected chi connectivity index (χ0v) is 13.1. The van der Waals surface area contributed by atoms with E-state index in [9.17, 15) is 4.79 Å². The van der Waals surface area contributed by atoms with Crippen molar-refractivity contribution < 1.29 is 14.3 Å². The lowest BCUT2D eigenvalue weighted by atomic mass is 10.0. The van der Waals surface area contributed by atoms with Crippen molar-refractivity contribution in [1.82, 2.24) is 0 Å². The largest absolute Gasteiger partial charge is 0.493 e. The van der Waals surface area contributed by atoms with E-state index in [1.165, 1.54) is 12.8 Å². The Balaban J connectivity index is 1.88. The van der Waals surface area contributed by atoms with Gasteiger partial charge in [-0.05, 0) is 48.8 Å². The molecule has 0 aromatic heterocycles. The molecule has 0 amide bonds. The van der Waals surface area contributed by atoms with Crippen molar-refractivity contribution in [2.24, 2.45) is 0 Å². The minimum atomic E-state index is 0.214. The highest BCUT2D eigenvalue weighted by Crippen LogP contribution is 2.36. The quantitative estimate of drug-likeness (QED) is 0.840. The van der Waals surface area contributed by atoms with E-state index in [1.54, 1.807) is 18.9 Å². The number of hydrogen-bond acceptors (Lipinski definition) is 4. The Morgan fingerprint density at radius 2 is 2.00 bits per heavy atom. The van der Waals surface area contributed by atoms with Crippen LogP contribution in [0.15, 0.2) is 23.6 Å². The van der Waals surface area contributed by atoms with Gasteiger partial charge in [-0.2, -0.15) is 0 Å². The Kier molecular flexibility index (Phi) is 4.54. The van der Waals surface area contributed by atoms with E-state index >= 15 is 0 Å². The van der Waals surface area contributed by atoms with Gasteiger partial charge in [-0.25, -0.2) is 0 Å². The molecule has 1 aromatic carbocycles. The standard InChI is InChI=1S/C17H20O3S/c1-19-16-7-6-12(14-11-21-9-8-15(14)18)10-17(16)20-13-4-2-3-5-13/h6-7,10-11,13H,2-5,8-9H2,1H3. The molecule has 0 atom stereocenters. The molecule has 0 radical (unpaired) electrons. The molecule has 2 aliphatic rings. The fourth-order valence-corrected chi connectivity index (χ4v) is 3.70. The maximum absolute atomic E-state index is 12.1. The molecule has 21 heavy (non-hydrogen) atoms. The van der Waals surface area contributed by atoms with Crippen LogP contribution in [-0.2, 0) is 4.79 Å². The van der Waals surface area contributed by atoms with Gasteiger partial charge in [-0.15, -0.1) is 11.8 Å². The number of methoxy groups -OCH3 is 1. The highest BCUT2D eigenvalue weighted by atomic mass is 32.2. The number of thioether (sulfide) groups is 1. The second kappa shape index (κ2) is 6.56. The van der Waals surface area contributed by atoms with Crippen LogP contribution in [0.4, 0.5) is 0 Å². The Hall–Kier alpha value is -1.42. The summed E-state index contributed by atoms with van der Waals surface area (Å²) < 4.78 is 11.5. The second-order valence-corrected chi connectivity index (χ2v) is 6.44. The molecule has 0 spiro atoms. The number of rotatable bonds is 4. The predicted molar refractivity (Wildman–Crippen MR) is 85.9 cm³/mol. The van der Waals surface area contributed by atoms with E-state index in [4.69, 9.17) is 9.47 Å². The van der Waals surface area contributed by atoms with E-state index < -0.39 is 0 Å². The minimum Gasteiger partial charge on any atom is -0.493 e. The van der Waals surface area contributed by atoms with Gasteiger partial charge < -0.3 is 9.47 Å². The molecule has 3 nitrogen and oxygen atoms in total. The lowest BCUT2D eigenvalue weighted by molar-refractivity contribution is -0.113. The molecule has 1 saturated carbocycles.